The van der Waals surface area contributed by atoms with Crippen LogP contribution in [0, 0.1) is 13.8 Å². The van der Waals surface area contributed by atoms with Gasteiger partial charge in [-0.2, -0.15) is 0 Å². The van der Waals surface area contributed by atoms with Gasteiger partial charge in [0.05, 0.1) is 0 Å². The molecule has 2 amide bonds. The third-order valence-corrected chi connectivity index (χ3v) is 4.42. The minimum Gasteiger partial charge on any atom is -0.426 e. The molecule has 0 aliphatic carbocycles. The zero-order chi connectivity index (χ0) is 17.8. The van der Waals surface area contributed by atoms with Crippen molar-refractivity contribution in [2.75, 3.05) is 26.2 Å². The Morgan fingerprint density at radius 2 is 1.72 bits per heavy atom. The molecule has 1 aliphatic rings. The molecule has 1 aliphatic heterocycles. The highest BCUT2D eigenvalue weighted by molar-refractivity contribution is 5.95. The number of amides is 2. The first kappa shape index (κ1) is 17.1. The van der Waals surface area contributed by atoms with E-state index in [2.05, 4.69) is 10.2 Å². The maximum atomic E-state index is 12.6. The van der Waals surface area contributed by atoms with Crippen LogP contribution < -0.4 is 0 Å². The van der Waals surface area contributed by atoms with Crippen molar-refractivity contribution in [3.8, 4) is 0 Å². The highest BCUT2D eigenvalue weighted by atomic mass is 16.4. The van der Waals surface area contributed by atoms with E-state index >= 15 is 0 Å². The van der Waals surface area contributed by atoms with Gasteiger partial charge in [0.15, 0.2) is 0 Å². The van der Waals surface area contributed by atoms with Crippen molar-refractivity contribution in [3.05, 3.63) is 47.2 Å². The van der Waals surface area contributed by atoms with Crippen LogP contribution >= 0.6 is 0 Å². The van der Waals surface area contributed by atoms with Gasteiger partial charge in [0.1, 0.15) is 0 Å². The number of aromatic nitrogens is 2. The Bertz CT molecular complexity index is 763. The van der Waals surface area contributed by atoms with Crippen molar-refractivity contribution in [3.63, 3.8) is 0 Å². The minimum atomic E-state index is 0.0338. The molecule has 1 aromatic carbocycles. The van der Waals surface area contributed by atoms with Crippen molar-refractivity contribution in [2.45, 2.75) is 26.7 Å². The second kappa shape index (κ2) is 7.46. The van der Waals surface area contributed by atoms with Gasteiger partial charge in [0.2, 0.25) is 17.7 Å². The van der Waals surface area contributed by atoms with Crippen molar-refractivity contribution < 1.29 is 14.0 Å². The van der Waals surface area contributed by atoms with Crippen LogP contribution in [0.3, 0.4) is 0 Å². The molecule has 0 radical (unpaired) electrons. The smallest absolute Gasteiger partial charge is 0.254 e. The summed E-state index contributed by atoms with van der Waals surface area (Å²) in [5.74, 6) is 1.08. The number of hydrogen-bond donors (Lipinski definition) is 0. The first-order chi connectivity index (χ1) is 12.0. The molecule has 0 atom stereocenters. The molecule has 0 N–H and O–H groups in total. The van der Waals surface area contributed by atoms with Crippen molar-refractivity contribution in [1.29, 1.82) is 0 Å². The van der Waals surface area contributed by atoms with E-state index in [1.54, 1.807) is 11.8 Å². The highest BCUT2D eigenvalue weighted by Gasteiger charge is 2.25. The van der Waals surface area contributed by atoms with Crippen LogP contribution in [0.15, 0.2) is 28.7 Å². The summed E-state index contributed by atoms with van der Waals surface area (Å²) >= 11 is 0. The van der Waals surface area contributed by atoms with Gasteiger partial charge in [-0.25, -0.2) is 0 Å². The Balaban J connectivity index is 1.50. The summed E-state index contributed by atoms with van der Waals surface area (Å²) in [7, 11) is 0. The molecule has 7 nitrogen and oxygen atoms in total. The van der Waals surface area contributed by atoms with E-state index in [1.807, 2.05) is 36.1 Å². The predicted molar refractivity (Wildman–Crippen MR) is 91.0 cm³/mol. The van der Waals surface area contributed by atoms with E-state index in [4.69, 9.17) is 4.42 Å². The first-order valence-electron chi connectivity index (χ1n) is 8.46. The molecule has 3 rings (SSSR count). The lowest BCUT2D eigenvalue weighted by molar-refractivity contribution is -0.132. The van der Waals surface area contributed by atoms with E-state index in [9.17, 15) is 9.59 Å². The number of hydrogen-bond acceptors (Lipinski definition) is 5. The highest BCUT2D eigenvalue weighted by Crippen LogP contribution is 2.13. The van der Waals surface area contributed by atoms with Gasteiger partial charge in [-0.3, -0.25) is 9.59 Å². The van der Waals surface area contributed by atoms with E-state index in [0.29, 0.717) is 50.8 Å². The van der Waals surface area contributed by atoms with Gasteiger partial charge in [-0.1, -0.05) is 18.2 Å². The average molecular weight is 342 g/mol. The molecule has 25 heavy (non-hydrogen) atoms. The number of benzene rings is 1. The Labute approximate surface area is 146 Å². The summed E-state index contributed by atoms with van der Waals surface area (Å²) < 4.78 is 5.28. The van der Waals surface area contributed by atoms with Crippen LogP contribution in [0.25, 0.3) is 0 Å². The van der Waals surface area contributed by atoms with Crippen LogP contribution in [0.4, 0.5) is 0 Å². The van der Waals surface area contributed by atoms with Gasteiger partial charge in [0.25, 0.3) is 5.91 Å². The largest absolute Gasteiger partial charge is 0.426 e. The summed E-state index contributed by atoms with van der Waals surface area (Å²) in [4.78, 5) is 28.5. The normalized spacial score (nSPS) is 14.6. The lowest BCUT2D eigenvalue weighted by atomic mass is 10.1. The second-order valence-corrected chi connectivity index (χ2v) is 6.20. The number of carbonyl (C=O) groups excluding carboxylic acids is 2. The Kier molecular flexibility index (Phi) is 5.11. The quantitative estimate of drug-likeness (QED) is 0.843. The van der Waals surface area contributed by atoms with Gasteiger partial charge in [-0.05, 0) is 18.6 Å². The van der Waals surface area contributed by atoms with E-state index < -0.39 is 0 Å². The number of nitrogens with zero attached hydrogens (tertiary/aromatic N) is 4. The van der Waals surface area contributed by atoms with Gasteiger partial charge >= 0.3 is 0 Å². The summed E-state index contributed by atoms with van der Waals surface area (Å²) in [6.45, 7) is 5.88. The van der Waals surface area contributed by atoms with Crippen LogP contribution in [-0.4, -0.2) is 58.0 Å². The summed E-state index contributed by atoms with van der Waals surface area (Å²) in [5, 5.41) is 7.66. The molecule has 0 saturated carbocycles. The Morgan fingerprint density at radius 1 is 1.04 bits per heavy atom. The summed E-state index contributed by atoms with van der Waals surface area (Å²) in [6.07, 6.45) is 0.787. The van der Waals surface area contributed by atoms with Crippen LogP contribution in [0.5, 0.6) is 0 Å². The number of piperazine rings is 1. The second-order valence-electron chi connectivity index (χ2n) is 6.20. The first-order valence-corrected chi connectivity index (χ1v) is 8.46. The number of aryl methyl sites for hydroxylation is 3. The van der Waals surface area contributed by atoms with Crippen molar-refractivity contribution >= 4 is 11.8 Å². The molecular weight excluding hydrogens is 320 g/mol. The van der Waals surface area contributed by atoms with Gasteiger partial charge in [0, 0.05) is 51.5 Å². The topological polar surface area (TPSA) is 79.5 Å². The fourth-order valence-corrected chi connectivity index (χ4v) is 2.95. The minimum absolute atomic E-state index is 0.0338. The SMILES string of the molecule is Cc1nnc(CCC(=O)N2CCN(C(=O)c3ccccc3C)CC2)o1. The fourth-order valence-electron chi connectivity index (χ4n) is 2.95. The van der Waals surface area contributed by atoms with E-state index in [1.165, 1.54) is 0 Å². The lowest BCUT2D eigenvalue weighted by Gasteiger charge is -2.35. The molecule has 1 saturated heterocycles. The molecule has 132 valence electrons. The average Bonchev–Trinajstić information content (AvgIpc) is 3.05. The molecule has 1 fully saturated rings. The van der Waals surface area contributed by atoms with Crippen molar-refractivity contribution in [2.24, 2.45) is 0 Å². The molecule has 0 spiro atoms. The number of rotatable bonds is 4. The molecule has 1 aromatic heterocycles. The van der Waals surface area contributed by atoms with E-state index in [0.717, 1.165) is 11.1 Å². The predicted octanol–water partition coefficient (Wildman–Crippen LogP) is 1.60. The fraction of sp³-hybridized carbons (Fsp3) is 0.444. The van der Waals surface area contributed by atoms with Crippen LogP contribution in [-0.2, 0) is 11.2 Å². The lowest BCUT2D eigenvalue weighted by Crippen LogP contribution is -2.50. The van der Waals surface area contributed by atoms with Crippen LogP contribution in [0.2, 0.25) is 0 Å². The monoisotopic (exact) mass is 342 g/mol. The van der Waals surface area contributed by atoms with Crippen LogP contribution in [0.1, 0.15) is 34.1 Å². The molecule has 7 heteroatoms. The Morgan fingerprint density at radius 3 is 2.36 bits per heavy atom. The van der Waals surface area contributed by atoms with Gasteiger partial charge in [-0.15, -0.1) is 10.2 Å². The number of carbonyl (C=O) groups is 2. The molecule has 2 heterocycles. The maximum Gasteiger partial charge on any atom is 0.254 e. The van der Waals surface area contributed by atoms with E-state index in [-0.39, 0.29) is 11.8 Å². The zero-order valence-electron chi connectivity index (χ0n) is 14.6. The third-order valence-electron chi connectivity index (χ3n) is 4.42. The third kappa shape index (κ3) is 4.04. The van der Waals surface area contributed by atoms with Crippen molar-refractivity contribution in [1.82, 2.24) is 20.0 Å². The molecule has 0 bridgehead atoms. The molecule has 2 aromatic rings. The zero-order valence-corrected chi connectivity index (χ0v) is 14.6. The molecule has 0 unspecified atom stereocenters. The van der Waals surface area contributed by atoms with Gasteiger partial charge < -0.3 is 14.2 Å². The summed E-state index contributed by atoms with van der Waals surface area (Å²) in [5.41, 5.74) is 1.70. The maximum absolute atomic E-state index is 12.6. The standard InChI is InChI=1S/C18H22N4O3/c1-13-5-3-4-6-15(13)18(24)22-11-9-21(10-12-22)17(23)8-7-16-20-19-14(2)25-16/h3-6H,7-12H2,1-2H3. The molecular formula is C18H22N4O3. The Hall–Kier alpha value is -2.70. The summed E-state index contributed by atoms with van der Waals surface area (Å²) in [6, 6.07) is 7.58.